The molecule has 0 bridgehead atoms. The summed E-state index contributed by atoms with van der Waals surface area (Å²) >= 11 is 0. The average molecular weight is 314 g/mol. The van der Waals surface area contributed by atoms with Gasteiger partial charge in [0.15, 0.2) is 0 Å². The van der Waals surface area contributed by atoms with Crippen LogP contribution in [0.15, 0.2) is 24.3 Å². The van der Waals surface area contributed by atoms with Gasteiger partial charge in [-0.05, 0) is 38.2 Å². The lowest BCUT2D eigenvalue weighted by molar-refractivity contribution is -0.132. The maximum absolute atomic E-state index is 12.4. The first kappa shape index (κ1) is 16.0. The molecule has 2 aliphatic rings. The first-order valence-electron chi connectivity index (χ1n) is 8.75. The quantitative estimate of drug-likeness (QED) is 0.928. The number of piperidine rings is 1. The molecule has 0 atom stereocenters. The standard InChI is InChI=1S/C19H26N2O2/c1-14-4-2-5-15(12-14)13-18(22)21-10-8-17(9-11-21)20-19(23)16-6-3-7-16/h2,4-5,12,16-17H,3,6-11,13H2,1H3,(H,20,23). The van der Waals surface area contributed by atoms with Crippen molar-refractivity contribution in [2.45, 2.75) is 51.5 Å². The zero-order chi connectivity index (χ0) is 16.2. The molecule has 0 spiro atoms. The van der Waals surface area contributed by atoms with E-state index in [1.165, 1.54) is 12.0 Å². The number of nitrogens with one attached hydrogen (secondary N) is 1. The molecule has 124 valence electrons. The molecule has 23 heavy (non-hydrogen) atoms. The topological polar surface area (TPSA) is 49.4 Å². The number of nitrogens with zero attached hydrogens (tertiary/aromatic N) is 1. The van der Waals surface area contributed by atoms with Crippen LogP contribution in [0.1, 0.15) is 43.2 Å². The van der Waals surface area contributed by atoms with Crippen molar-refractivity contribution in [3.8, 4) is 0 Å². The van der Waals surface area contributed by atoms with Crippen LogP contribution in [-0.2, 0) is 16.0 Å². The summed E-state index contributed by atoms with van der Waals surface area (Å²) in [4.78, 5) is 26.3. The Balaban J connectivity index is 1.44. The van der Waals surface area contributed by atoms with E-state index >= 15 is 0 Å². The second kappa shape index (κ2) is 7.16. The molecule has 1 aromatic rings. The monoisotopic (exact) mass is 314 g/mol. The SMILES string of the molecule is Cc1cccc(CC(=O)N2CCC(NC(=O)C3CCC3)CC2)c1. The number of amides is 2. The maximum atomic E-state index is 12.4. The molecule has 2 fully saturated rings. The molecule has 4 nitrogen and oxygen atoms in total. The highest BCUT2D eigenvalue weighted by molar-refractivity contribution is 5.80. The van der Waals surface area contributed by atoms with Gasteiger partial charge in [0, 0.05) is 25.0 Å². The van der Waals surface area contributed by atoms with Crippen molar-refractivity contribution in [2.75, 3.05) is 13.1 Å². The largest absolute Gasteiger partial charge is 0.353 e. The molecule has 3 rings (SSSR count). The molecule has 2 amide bonds. The van der Waals surface area contributed by atoms with Gasteiger partial charge in [0.2, 0.25) is 11.8 Å². The molecular weight excluding hydrogens is 288 g/mol. The van der Waals surface area contributed by atoms with Gasteiger partial charge in [0.05, 0.1) is 6.42 Å². The predicted molar refractivity (Wildman–Crippen MR) is 90.0 cm³/mol. The van der Waals surface area contributed by atoms with Crippen LogP contribution < -0.4 is 5.32 Å². The molecule has 4 heteroatoms. The Morgan fingerprint density at radius 3 is 2.52 bits per heavy atom. The van der Waals surface area contributed by atoms with Gasteiger partial charge in [-0.2, -0.15) is 0 Å². The van der Waals surface area contributed by atoms with Gasteiger partial charge in [0.25, 0.3) is 0 Å². The highest BCUT2D eigenvalue weighted by Gasteiger charge is 2.29. The molecule has 1 aromatic carbocycles. The summed E-state index contributed by atoms with van der Waals surface area (Å²) in [6.45, 7) is 3.55. The van der Waals surface area contributed by atoms with Gasteiger partial charge < -0.3 is 10.2 Å². The third kappa shape index (κ3) is 4.12. The Morgan fingerprint density at radius 1 is 1.17 bits per heavy atom. The number of rotatable bonds is 4. The van der Waals surface area contributed by atoms with Crippen LogP contribution in [0.2, 0.25) is 0 Å². The molecule has 1 N–H and O–H groups in total. The lowest BCUT2D eigenvalue weighted by atomic mass is 9.84. The van der Waals surface area contributed by atoms with E-state index in [1.807, 2.05) is 30.0 Å². The van der Waals surface area contributed by atoms with Crippen LogP contribution in [0, 0.1) is 12.8 Å². The Labute approximate surface area is 138 Å². The number of hydrogen-bond donors (Lipinski definition) is 1. The molecule has 1 saturated heterocycles. The molecule has 0 unspecified atom stereocenters. The van der Waals surface area contributed by atoms with E-state index < -0.39 is 0 Å². The fourth-order valence-electron chi connectivity index (χ4n) is 3.37. The van der Waals surface area contributed by atoms with Crippen LogP contribution in [0.5, 0.6) is 0 Å². The lowest BCUT2D eigenvalue weighted by Gasteiger charge is -2.34. The summed E-state index contributed by atoms with van der Waals surface area (Å²) in [5.74, 6) is 0.663. The van der Waals surface area contributed by atoms with E-state index in [9.17, 15) is 9.59 Å². The van der Waals surface area contributed by atoms with Crippen molar-refractivity contribution in [1.29, 1.82) is 0 Å². The summed E-state index contributed by atoms with van der Waals surface area (Å²) < 4.78 is 0. The molecule has 1 saturated carbocycles. The van der Waals surface area contributed by atoms with E-state index in [2.05, 4.69) is 11.4 Å². The van der Waals surface area contributed by atoms with Crippen LogP contribution in [-0.4, -0.2) is 35.8 Å². The Hall–Kier alpha value is -1.84. The normalized spacial score (nSPS) is 19.3. The van der Waals surface area contributed by atoms with E-state index in [1.54, 1.807) is 0 Å². The first-order valence-corrected chi connectivity index (χ1v) is 8.75. The summed E-state index contributed by atoms with van der Waals surface area (Å²) in [7, 11) is 0. The van der Waals surface area contributed by atoms with Gasteiger partial charge in [-0.1, -0.05) is 36.2 Å². The Kier molecular flexibility index (Phi) is 4.99. The third-order valence-corrected chi connectivity index (χ3v) is 5.11. The predicted octanol–water partition coefficient (Wildman–Crippen LogP) is 2.44. The van der Waals surface area contributed by atoms with Crippen molar-refractivity contribution in [2.24, 2.45) is 5.92 Å². The smallest absolute Gasteiger partial charge is 0.226 e. The Bertz CT molecular complexity index is 572. The van der Waals surface area contributed by atoms with Crippen molar-refractivity contribution in [3.63, 3.8) is 0 Å². The fourth-order valence-corrected chi connectivity index (χ4v) is 3.37. The van der Waals surface area contributed by atoms with Crippen LogP contribution in [0.3, 0.4) is 0 Å². The maximum Gasteiger partial charge on any atom is 0.226 e. The number of aryl methyl sites for hydroxylation is 1. The molecule has 0 radical (unpaired) electrons. The highest BCUT2D eigenvalue weighted by atomic mass is 16.2. The van der Waals surface area contributed by atoms with E-state index in [0.29, 0.717) is 6.42 Å². The van der Waals surface area contributed by atoms with Gasteiger partial charge in [-0.3, -0.25) is 9.59 Å². The average Bonchev–Trinajstić information content (AvgIpc) is 2.46. The highest BCUT2D eigenvalue weighted by Crippen LogP contribution is 2.26. The summed E-state index contributed by atoms with van der Waals surface area (Å²) in [5.41, 5.74) is 2.27. The summed E-state index contributed by atoms with van der Waals surface area (Å²) in [5, 5.41) is 3.16. The minimum Gasteiger partial charge on any atom is -0.353 e. The van der Waals surface area contributed by atoms with E-state index in [4.69, 9.17) is 0 Å². The molecular formula is C19H26N2O2. The number of carbonyl (C=O) groups excluding carboxylic acids is 2. The molecule has 1 aliphatic heterocycles. The summed E-state index contributed by atoms with van der Waals surface area (Å²) in [6.07, 6.45) is 5.49. The van der Waals surface area contributed by atoms with Crippen molar-refractivity contribution >= 4 is 11.8 Å². The van der Waals surface area contributed by atoms with Crippen molar-refractivity contribution < 1.29 is 9.59 Å². The third-order valence-electron chi connectivity index (χ3n) is 5.11. The second-order valence-electron chi connectivity index (χ2n) is 6.96. The molecule has 0 aromatic heterocycles. The van der Waals surface area contributed by atoms with Crippen molar-refractivity contribution in [3.05, 3.63) is 35.4 Å². The second-order valence-corrected chi connectivity index (χ2v) is 6.96. The lowest BCUT2D eigenvalue weighted by Crippen LogP contribution is -2.48. The Morgan fingerprint density at radius 2 is 1.91 bits per heavy atom. The minimum atomic E-state index is 0.194. The van der Waals surface area contributed by atoms with Gasteiger partial charge >= 0.3 is 0 Å². The summed E-state index contributed by atoms with van der Waals surface area (Å²) in [6, 6.07) is 8.37. The number of benzene rings is 1. The molecule has 1 aliphatic carbocycles. The zero-order valence-corrected chi connectivity index (χ0v) is 13.9. The van der Waals surface area contributed by atoms with Crippen LogP contribution >= 0.6 is 0 Å². The molecule has 1 heterocycles. The van der Waals surface area contributed by atoms with Crippen LogP contribution in [0.25, 0.3) is 0 Å². The van der Waals surface area contributed by atoms with E-state index in [-0.39, 0.29) is 23.8 Å². The zero-order valence-electron chi connectivity index (χ0n) is 13.9. The van der Waals surface area contributed by atoms with Gasteiger partial charge in [-0.25, -0.2) is 0 Å². The van der Waals surface area contributed by atoms with Crippen LogP contribution in [0.4, 0.5) is 0 Å². The minimum absolute atomic E-state index is 0.194. The van der Waals surface area contributed by atoms with E-state index in [0.717, 1.165) is 44.3 Å². The number of carbonyl (C=O) groups is 2. The first-order chi connectivity index (χ1) is 11.1. The number of likely N-dealkylation sites (tertiary alicyclic amines) is 1. The van der Waals surface area contributed by atoms with Gasteiger partial charge in [-0.15, -0.1) is 0 Å². The van der Waals surface area contributed by atoms with Crippen molar-refractivity contribution in [1.82, 2.24) is 10.2 Å². The number of hydrogen-bond acceptors (Lipinski definition) is 2. The fraction of sp³-hybridized carbons (Fsp3) is 0.579. The van der Waals surface area contributed by atoms with Gasteiger partial charge in [0.1, 0.15) is 0 Å².